The Balaban J connectivity index is 2.23. The van der Waals surface area contributed by atoms with Crippen molar-refractivity contribution in [3.05, 3.63) is 23.9 Å². The van der Waals surface area contributed by atoms with Crippen LogP contribution < -0.4 is 5.32 Å². The fraction of sp³-hybridized carbons (Fsp3) is 0.533. The van der Waals surface area contributed by atoms with Gasteiger partial charge in [0.2, 0.25) is 0 Å². The normalized spacial score (nSPS) is 25.7. The van der Waals surface area contributed by atoms with Gasteiger partial charge in [-0.2, -0.15) is 5.26 Å². The van der Waals surface area contributed by atoms with Gasteiger partial charge in [0.1, 0.15) is 17.4 Å². The molecule has 1 aromatic heterocycles. The molecule has 0 radical (unpaired) electrons. The van der Waals surface area contributed by atoms with E-state index in [1.54, 1.807) is 18.3 Å². The number of anilines is 1. The molecule has 0 aromatic carbocycles. The maximum Gasteiger partial charge on any atom is 0.329 e. The van der Waals surface area contributed by atoms with E-state index in [1.807, 2.05) is 6.07 Å². The van der Waals surface area contributed by atoms with E-state index >= 15 is 0 Å². The molecule has 1 aromatic rings. The Bertz CT molecular complexity index is 528. The fourth-order valence-electron chi connectivity index (χ4n) is 2.79. The van der Waals surface area contributed by atoms with Crippen molar-refractivity contribution >= 4 is 11.8 Å². The number of carboxylic acid groups (broad SMARTS) is 1. The van der Waals surface area contributed by atoms with Crippen molar-refractivity contribution in [2.75, 3.05) is 5.32 Å². The summed E-state index contributed by atoms with van der Waals surface area (Å²) in [5, 5.41) is 21.7. The second-order valence-electron chi connectivity index (χ2n) is 5.38. The molecule has 0 atom stereocenters. The highest BCUT2D eigenvalue weighted by molar-refractivity contribution is 5.83. The van der Waals surface area contributed by atoms with E-state index in [0.717, 1.165) is 19.3 Å². The molecule has 1 saturated carbocycles. The van der Waals surface area contributed by atoms with Gasteiger partial charge in [-0.25, -0.2) is 9.78 Å². The van der Waals surface area contributed by atoms with Crippen molar-refractivity contribution in [3.63, 3.8) is 0 Å². The lowest BCUT2D eigenvalue weighted by Crippen LogP contribution is -2.49. The number of nitriles is 1. The van der Waals surface area contributed by atoms with E-state index in [4.69, 9.17) is 5.26 Å². The van der Waals surface area contributed by atoms with Crippen LogP contribution in [0.1, 0.15) is 44.6 Å². The summed E-state index contributed by atoms with van der Waals surface area (Å²) in [6, 6.07) is 5.36. The molecule has 0 bridgehead atoms. The van der Waals surface area contributed by atoms with E-state index in [0.29, 0.717) is 30.1 Å². The molecule has 0 saturated heterocycles. The molecular weight excluding hydrogens is 254 g/mol. The summed E-state index contributed by atoms with van der Waals surface area (Å²) in [4.78, 5) is 15.8. The Hall–Kier alpha value is -2.09. The number of aromatic nitrogens is 1. The summed E-state index contributed by atoms with van der Waals surface area (Å²) < 4.78 is 0. The lowest BCUT2D eigenvalue weighted by atomic mass is 9.75. The molecule has 0 aliphatic heterocycles. The number of nitrogens with one attached hydrogen (secondary N) is 1. The second-order valence-corrected chi connectivity index (χ2v) is 5.38. The molecule has 0 unspecified atom stereocenters. The number of aliphatic carboxylic acids is 1. The zero-order valence-electron chi connectivity index (χ0n) is 11.6. The largest absolute Gasteiger partial charge is 0.480 e. The lowest BCUT2D eigenvalue weighted by molar-refractivity contribution is -0.143. The van der Waals surface area contributed by atoms with Crippen LogP contribution in [0.15, 0.2) is 18.3 Å². The average molecular weight is 273 g/mol. The Morgan fingerprint density at radius 1 is 1.60 bits per heavy atom. The van der Waals surface area contributed by atoms with Gasteiger partial charge in [0, 0.05) is 6.20 Å². The second kappa shape index (κ2) is 5.91. The zero-order valence-corrected chi connectivity index (χ0v) is 11.6. The topological polar surface area (TPSA) is 86.0 Å². The van der Waals surface area contributed by atoms with Crippen LogP contribution in [0.5, 0.6) is 0 Å². The molecule has 5 nitrogen and oxygen atoms in total. The molecule has 0 spiro atoms. The molecule has 20 heavy (non-hydrogen) atoms. The van der Waals surface area contributed by atoms with Crippen molar-refractivity contribution in [2.45, 2.75) is 44.6 Å². The molecule has 1 fully saturated rings. The van der Waals surface area contributed by atoms with Gasteiger partial charge in [0.15, 0.2) is 0 Å². The van der Waals surface area contributed by atoms with E-state index in [-0.39, 0.29) is 0 Å². The van der Waals surface area contributed by atoms with Gasteiger partial charge in [0.05, 0.1) is 5.56 Å². The molecule has 2 N–H and O–H groups in total. The number of hydrogen-bond donors (Lipinski definition) is 2. The van der Waals surface area contributed by atoms with Crippen molar-refractivity contribution in [1.82, 2.24) is 4.98 Å². The van der Waals surface area contributed by atoms with Gasteiger partial charge in [-0.05, 0) is 43.7 Å². The van der Waals surface area contributed by atoms with Crippen molar-refractivity contribution in [1.29, 1.82) is 5.26 Å². The van der Waals surface area contributed by atoms with Gasteiger partial charge in [-0.15, -0.1) is 0 Å². The first-order valence-electron chi connectivity index (χ1n) is 6.98. The quantitative estimate of drug-likeness (QED) is 0.881. The first-order valence-corrected chi connectivity index (χ1v) is 6.98. The monoisotopic (exact) mass is 273 g/mol. The Morgan fingerprint density at radius 3 is 2.85 bits per heavy atom. The zero-order chi connectivity index (χ0) is 14.6. The van der Waals surface area contributed by atoms with E-state index in [2.05, 4.69) is 17.2 Å². The average Bonchev–Trinajstić information content (AvgIpc) is 2.48. The minimum atomic E-state index is -0.994. The summed E-state index contributed by atoms with van der Waals surface area (Å²) in [5.74, 6) is 0.109. The number of carboxylic acids is 1. The van der Waals surface area contributed by atoms with Gasteiger partial charge >= 0.3 is 5.97 Å². The highest BCUT2D eigenvalue weighted by Crippen LogP contribution is 2.36. The minimum Gasteiger partial charge on any atom is -0.480 e. The van der Waals surface area contributed by atoms with Gasteiger partial charge in [-0.3, -0.25) is 0 Å². The highest BCUT2D eigenvalue weighted by atomic mass is 16.4. The number of pyridine rings is 1. The van der Waals surface area contributed by atoms with Crippen molar-refractivity contribution in [2.24, 2.45) is 5.92 Å². The van der Waals surface area contributed by atoms with E-state index < -0.39 is 11.5 Å². The highest BCUT2D eigenvalue weighted by Gasteiger charge is 2.42. The summed E-state index contributed by atoms with van der Waals surface area (Å²) in [6.07, 6.45) is 5.58. The molecule has 1 aliphatic carbocycles. The van der Waals surface area contributed by atoms with Crippen LogP contribution in [0.2, 0.25) is 0 Å². The number of hydrogen-bond acceptors (Lipinski definition) is 4. The van der Waals surface area contributed by atoms with Crippen LogP contribution >= 0.6 is 0 Å². The predicted octanol–water partition coefficient (Wildman–Crippen LogP) is 2.79. The third kappa shape index (κ3) is 2.74. The third-order valence-corrected chi connectivity index (χ3v) is 4.23. The summed E-state index contributed by atoms with van der Waals surface area (Å²) in [6.45, 7) is 2.14. The molecular formula is C15H19N3O2. The van der Waals surface area contributed by atoms with Gasteiger partial charge in [-0.1, -0.05) is 13.3 Å². The van der Waals surface area contributed by atoms with Crippen LogP contribution in [0, 0.1) is 17.2 Å². The van der Waals surface area contributed by atoms with Crippen LogP contribution in [0.3, 0.4) is 0 Å². The standard InChI is InChI=1S/C15H19N3O2/c1-2-11-5-7-15(8-6-11,14(19)20)18-13-12(10-16)4-3-9-17-13/h3-4,9,11H,2,5-8H2,1H3,(H,17,18)(H,19,20). The van der Waals surface area contributed by atoms with E-state index in [1.165, 1.54) is 0 Å². The maximum atomic E-state index is 11.7. The number of rotatable bonds is 4. The Labute approximate surface area is 118 Å². The predicted molar refractivity (Wildman–Crippen MR) is 75.2 cm³/mol. The lowest BCUT2D eigenvalue weighted by Gasteiger charge is -2.37. The molecule has 1 heterocycles. The van der Waals surface area contributed by atoms with Crippen LogP contribution in [-0.4, -0.2) is 21.6 Å². The number of carbonyl (C=O) groups is 1. The van der Waals surface area contributed by atoms with Crippen LogP contribution in [-0.2, 0) is 4.79 Å². The summed E-state index contributed by atoms with van der Waals surface area (Å²) in [7, 11) is 0. The van der Waals surface area contributed by atoms with Gasteiger partial charge in [0.25, 0.3) is 0 Å². The smallest absolute Gasteiger partial charge is 0.329 e. The van der Waals surface area contributed by atoms with E-state index in [9.17, 15) is 9.90 Å². The number of nitrogens with zero attached hydrogens (tertiary/aromatic N) is 2. The minimum absolute atomic E-state index is 0.368. The van der Waals surface area contributed by atoms with Crippen molar-refractivity contribution < 1.29 is 9.90 Å². The summed E-state index contributed by atoms with van der Waals surface area (Å²) >= 11 is 0. The maximum absolute atomic E-state index is 11.7. The Kier molecular flexibility index (Phi) is 4.23. The first kappa shape index (κ1) is 14.3. The Morgan fingerprint density at radius 2 is 2.30 bits per heavy atom. The molecule has 2 rings (SSSR count). The van der Waals surface area contributed by atoms with Gasteiger partial charge < -0.3 is 10.4 Å². The third-order valence-electron chi connectivity index (χ3n) is 4.23. The fourth-order valence-corrected chi connectivity index (χ4v) is 2.79. The molecule has 1 aliphatic rings. The van der Waals surface area contributed by atoms with Crippen LogP contribution in [0.25, 0.3) is 0 Å². The van der Waals surface area contributed by atoms with Crippen LogP contribution in [0.4, 0.5) is 5.82 Å². The SMILES string of the molecule is CCC1CCC(Nc2ncccc2C#N)(C(=O)O)CC1. The summed E-state index contributed by atoms with van der Waals surface area (Å²) in [5.41, 5.74) is -0.614. The molecule has 0 amide bonds. The molecule has 5 heteroatoms. The van der Waals surface area contributed by atoms with Crippen molar-refractivity contribution in [3.8, 4) is 6.07 Å². The first-order chi connectivity index (χ1) is 9.61. The molecule has 106 valence electrons.